The number of hydrogen-bond acceptors (Lipinski definition) is 5. The summed E-state index contributed by atoms with van der Waals surface area (Å²) < 4.78 is 0. The maximum absolute atomic E-state index is 11.7. The van der Waals surface area contributed by atoms with Crippen molar-refractivity contribution in [3.63, 3.8) is 0 Å². The van der Waals surface area contributed by atoms with Gasteiger partial charge in [0.1, 0.15) is 11.5 Å². The fraction of sp³-hybridized carbons (Fsp3) is 0.200. The summed E-state index contributed by atoms with van der Waals surface area (Å²) in [6, 6.07) is 0.723. The van der Waals surface area contributed by atoms with Crippen LogP contribution in [-0.2, 0) is 9.59 Å². The minimum absolute atomic E-state index is 0.0319. The highest BCUT2D eigenvalue weighted by molar-refractivity contribution is 7.14. The van der Waals surface area contributed by atoms with Crippen molar-refractivity contribution in [2.24, 2.45) is 0 Å². The molecule has 1 saturated heterocycles. The van der Waals surface area contributed by atoms with Gasteiger partial charge in [-0.05, 0) is 11.4 Å². The lowest BCUT2D eigenvalue weighted by atomic mass is 10.3. The van der Waals surface area contributed by atoms with E-state index >= 15 is 0 Å². The highest BCUT2D eigenvalue weighted by Crippen LogP contribution is 2.23. The van der Waals surface area contributed by atoms with Gasteiger partial charge >= 0.3 is 12.0 Å². The summed E-state index contributed by atoms with van der Waals surface area (Å²) in [5.41, 5.74) is -0.0319. The van der Waals surface area contributed by atoms with Crippen LogP contribution in [0.25, 0.3) is 0 Å². The summed E-state index contributed by atoms with van der Waals surface area (Å²) in [5.74, 6) is -2.29. The van der Waals surface area contributed by atoms with E-state index in [1.165, 1.54) is 11.4 Å². The first-order valence-corrected chi connectivity index (χ1v) is 6.06. The number of imide groups is 1. The maximum atomic E-state index is 11.7. The van der Waals surface area contributed by atoms with E-state index in [1.54, 1.807) is 0 Å². The van der Waals surface area contributed by atoms with Gasteiger partial charge in [-0.15, -0.1) is 11.3 Å². The molecule has 0 spiro atoms. The highest BCUT2D eigenvalue weighted by atomic mass is 32.1. The number of rotatable bonds is 4. The van der Waals surface area contributed by atoms with Gasteiger partial charge < -0.3 is 15.7 Å². The molecule has 1 aromatic rings. The largest absolute Gasteiger partial charge is 0.478 e. The van der Waals surface area contributed by atoms with Crippen molar-refractivity contribution in [2.75, 3.05) is 18.4 Å². The van der Waals surface area contributed by atoms with Gasteiger partial charge in [0.15, 0.2) is 0 Å². The maximum Gasteiger partial charge on any atom is 0.338 e. The van der Waals surface area contributed by atoms with Crippen LogP contribution < -0.4 is 10.6 Å². The van der Waals surface area contributed by atoms with Crippen LogP contribution in [0.4, 0.5) is 9.80 Å². The molecule has 9 heteroatoms. The molecule has 0 bridgehead atoms. The average molecular weight is 283 g/mol. The van der Waals surface area contributed by atoms with Crippen LogP contribution in [0.1, 0.15) is 10.4 Å². The van der Waals surface area contributed by atoms with E-state index in [2.05, 4.69) is 10.6 Å². The normalized spacial score (nSPS) is 14.4. The van der Waals surface area contributed by atoms with Crippen LogP contribution in [0.5, 0.6) is 0 Å². The topological polar surface area (TPSA) is 116 Å². The molecule has 0 atom stereocenters. The quantitative estimate of drug-likeness (QED) is 0.669. The third-order valence-electron chi connectivity index (χ3n) is 2.39. The Morgan fingerprint density at radius 2 is 2.21 bits per heavy atom. The number of aromatic carboxylic acids is 1. The Bertz CT molecular complexity index is 551. The second-order valence-corrected chi connectivity index (χ2v) is 4.57. The fourth-order valence-corrected chi connectivity index (χ4v) is 2.29. The zero-order valence-electron chi connectivity index (χ0n) is 9.50. The number of nitrogens with zero attached hydrogens (tertiary/aromatic N) is 1. The minimum Gasteiger partial charge on any atom is -0.478 e. The van der Waals surface area contributed by atoms with Crippen LogP contribution in [0.3, 0.4) is 0 Å². The van der Waals surface area contributed by atoms with Crippen LogP contribution in [0.2, 0.25) is 0 Å². The summed E-state index contributed by atoms with van der Waals surface area (Å²) in [6.07, 6.45) is 0. The molecule has 4 amide bonds. The van der Waals surface area contributed by atoms with E-state index in [9.17, 15) is 19.2 Å². The van der Waals surface area contributed by atoms with Gasteiger partial charge in [0.25, 0.3) is 5.91 Å². The summed E-state index contributed by atoms with van der Waals surface area (Å²) in [6.45, 7) is -0.576. The lowest BCUT2D eigenvalue weighted by Crippen LogP contribution is -2.38. The number of carboxylic acid groups (broad SMARTS) is 1. The van der Waals surface area contributed by atoms with Gasteiger partial charge in [0.2, 0.25) is 5.91 Å². The van der Waals surface area contributed by atoms with Crippen molar-refractivity contribution >= 4 is 40.2 Å². The molecule has 1 aliphatic rings. The molecule has 19 heavy (non-hydrogen) atoms. The number of nitrogens with one attached hydrogen (secondary N) is 2. The predicted molar refractivity (Wildman–Crippen MR) is 65.0 cm³/mol. The Kier molecular flexibility index (Phi) is 3.47. The monoisotopic (exact) mass is 283 g/mol. The Hall–Kier alpha value is -2.42. The summed E-state index contributed by atoms with van der Waals surface area (Å²) in [4.78, 5) is 45.8. The first-order valence-electron chi connectivity index (χ1n) is 5.18. The molecule has 1 fully saturated rings. The number of anilines is 1. The zero-order chi connectivity index (χ0) is 14.0. The molecule has 3 N–H and O–H groups in total. The van der Waals surface area contributed by atoms with Crippen molar-refractivity contribution < 1.29 is 24.3 Å². The number of carbonyl (C=O) groups excluding carboxylic acids is 3. The average Bonchev–Trinajstić information content (AvgIpc) is 2.91. The molecule has 0 unspecified atom stereocenters. The highest BCUT2D eigenvalue weighted by Gasteiger charge is 2.30. The third kappa shape index (κ3) is 2.71. The molecule has 0 saturated carbocycles. The second kappa shape index (κ2) is 5.06. The molecule has 1 aromatic heterocycles. The van der Waals surface area contributed by atoms with E-state index in [1.807, 2.05) is 0 Å². The van der Waals surface area contributed by atoms with Gasteiger partial charge in [-0.2, -0.15) is 0 Å². The van der Waals surface area contributed by atoms with Gasteiger partial charge in [0.05, 0.1) is 12.1 Å². The van der Waals surface area contributed by atoms with E-state index in [0.717, 1.165) is 16.2 Å². The number of hydrogen-bond donors (Lipinski definition) is 3. The Labute approximate surface area is 111 Å². The van der Waals surface area contributed by atoms with Gasteiger partial charge in [-0.3, -0.25) is 14.5 Å². The Balaban J connectivity index is 2.02. The van der Waals surface area contributed by atoms with E-state index < -0.39 is 30.4 Å². The lowest BCUT2D eigenvalue weighted by Gasteiger charge is -2.11. The molecule has 1 aliphatic heterocycles. The number of carboxylic acids is 1. The molecule has 0 aliphatic carbocycles. The second-order valence-electron chi connectivity index (χ2n) is 3.66. The summed E-state index contributed by atoms with van der Waals surface area (Å²) in [7, 11) is 0. The minimum atomic E-state index is -1.16. The fourth-order valence-electron chi connectivity index (χ4n) is 1.50. The molecular weight excluding hydrogens is 274 g/mol. The van der Waals surface area contributed by atoms with Crippen molar-refractivity contribution in [3.05, 3.63) is 17.0 Å². The Morgan fingerprint density at radius 1 is 1.47 bits per heavy atom. The van der Waals surface area contributed by atoms with E-state index in [-0.39, 0.29) is 17.1 Å². The third-order valence-corrected chi connectivity index (χ3v) is 3.22. The molecule has 2 rings (SSSR count). The Morgan fingerprint density at radius 3 is 2.79 bits per heavy atom. The van der Waals surface area contributed by atoms with Crippen LogP contribution in [-0.4, -0.2) is 46.9 Å². The van der Waals surface area contributed by atoms with Crippen molar-refractivity contribution in [3.8, 4) is 0 Å². The van der Waals surface area contributed by atoms with Gasteiger partial charge in [0, 0.05) is 0 Å². The zero-order valence-corrected chi connectivity index (χ0v) is 10.3. The van der Waals surface area contributed by atoms with Gasteiger partial charge in [-0.1, -0.05) is 0 Å². The van der Waals surface area contributed by atoms with Crippen LogP contribution >= 0.6 is 11.3 Å². The molecule has 0 radical (unpaired) electrons. The number of urea groups is 1. The van der Waals surface area contributed by atoms with Crippen LogP contribution in [0, 0.1) is 0 Å². The first-order chi connectivity index (χ1) is 8.99. The number of amides is 4. The predicted octanol–water partition coefficient (Wildman–Crippen LogP) is -0.0634. The first kappa shape index (κ1) is 13.0. The molecule has 100 valence electrons. The van der Waals surface area contributed by atoms with Gasteiger partial charge in [-0.25, -0.2) is 9.59 Å². The number of carbonyl (C=O) groups is 4. The smallest absolute Gasteiger partial charge is 0.338 e. The van der Waals surface area contributed by atoms with Crippen molar-refractivity contribution in [1.82, 2.24) is 10.2 Å². The lowest BCUT2D eigenvalue weighted by molar-refractivity contribution is -0.128. The standard InChI is InChI=1S/C10H9N3O5S/c14-6(4-13-7(15)3-11-10(13)18)12-8-5(9(16)17)1-2-19-8/h1-2H,3-4H2,(H,11,18)(H,12,14)(H,16,17). The SMILES string of the molecule is O=C(CN1C(=O)CNC1=O)Nc1sccc1C(=O)O. The molecule has 8 nitrogen and oxygen atoms in total. The van der Waals surface area contributed by atoms with E-state index in [0.29, 0.717) is 0 Å². The molecular formula is C10H9N3O5S. The van der Waals surface area contributed by atoms with Crippen LogP contribution in [0.15, 0.2) is 11.4 Å². The van der Waals surface area contributed by atoms with E-state index in [4.69, 9.17) is 5.11 Å². The summed E-state index contributed by atoms with van der Waals surface area (Å²) >= 11 is 1.05. The summed E-state index contributed by atoms with van der Waals surface area (Å²) in [5, 5.41) is 15.2. The van der Waals surface area contributed by atoms with Crippen molar-refractivity contribution in [1.29, 1.82) is 0 Å². The van der Waals surface area contributed by atoms with Crippen molar-refractivity contribution in [2.45, 2.75) is 0 Å². The molecule has 2 heterocycles. The number of thiophene rings is 1. The molecule has 0 aromatic carbocycles.